The van der Waals surface area contributed by atoms with Gasteiger partial charge in [-0.3, -0.25) is 5.10 Å². The molecule has 0 spiro atoms. The molecule has 80 valence electrons. The SMILES string of the molecule is N#Cc1ccc(CSc2ncn[nH]2)c(F)c1. The summed E-state index contributed by atoms with van der Waals surface area (Å²) in [6.45, 7) is 0. The Morgan fingerprint density at radius 3 is 3.00 bits per heavy atom. The maximum absolute atomic E-state index is 13.5. The maximum Gasteiger partial charge on any atom is 0.183 e. The largest absolute Gasteiger partial charge is 0.254 e. The lowest BCUT2D eigenvalue weighted by molar-refractivity contribution is 0.617. The molecule has 0 unspecified atom stereocenters. The maximum atomic E-state index is 13.5. The molecular weight excluding hydrogens is 227 g/mol. The van der Waals surface area contributed by atoms with Crippen LogP contribution in [-0.2, 0) is 5.75 Å². The summed E-state index contributed by atoms with van der Waals surface area (Å²) in [6, 6.07) is 6.33. The van der Waals surface area contributed by atoms with Crippen molar-refractivity contribution in [3.8, 4) is 6.07 Å². The Kier molecular flexibility index (Phi) is 3.17. The first kappa shape index (κ1) is 10.6. The van der Waals surface area contributed by atoms with Crippen molar-refractivity contribution in [3.05, 3.63) is 41.5 Å². The fourth-order valence-electron chi connectivity index (χ4n) is 1.14. The number of hydrogen-bond acceptors (Lipinski definition) is 4. The lowest BCUT2D eigenvalue weighted by Crippen LogP contribution is -1.89. The number of halogens is 1. The van der Waals surface area contributed by atoms with E-state index >= 15 is 0 Å². The van der Waals surface area contributed by atoms with Gasteiger partial charge in [0.2, 0.25) is 0 Å². The molecule has 2 aromatic rings. The third kappa shape index (κ3) is 2.38. The highest BCUT2D eigenvalue weighted by atomic mass is 32.2. The first-order valence-corrected chi connectivity index (χ1v) is 5.45. The molecule has 0 radical (unpaired) electrons. The zero-order valence-electron chi connectivity index (χ0n) is 8.14. The van der Waals surface area contributed by atoms with Crippen LogP contribution >= 0.6 is 11.8 Å². The Morgan fingerprint density at radius 1 is 1.50 bits per heavy atom. The van der Waals surface area contributed by atoms with E-state index in [2.05, 4.69) is 15.2 Å². The Hall–Kier alpha value is -1.87. The van der Waals surface area contributed by atoms with Crippen LogP contribution in [0.5, 0.6) is 0 Å². The molecule has 2 rings (SSSR count). The van der Waals surface area contributed by atoms with Gasteiger partial charge in [-0.2, -0.15) is 10.4 Å². The molecule has 0 saturated heterocycles. The van der Waals surface area contributed by atoms with Gasteiger partial charge in [0, 0.05) is 5.75 Å². The fraction of sp³-hybridized carbons (Fsp3) is 0.100. The van der Waals surface area contributed by atoms with Crippen molar-refractivity contribution in [2.24, 2.45) is 0 Å². The lowest BCUT2D eigenvalue weighted by atomic mass is 10.1. The minimum Gasteiger partial charge on any atom is -0.254 e. The quantitative estimate of drug-likeness (QED) is 0.826. The molecule has 0 aliphatic carbocycles. The molecule has 1 aromatic carbocycles. The summed E-state index contributed by atoms with van der Waals surface area (Å²) < 4.78 is 13.5. The van der Waals surface area contributed by atoms with Crippen LogP contribution in [0.25, 0.3) is 0 Å². The first-order chi connectivity index (χ1) is 7.79. The molecule has 4 nitrogen and oxygen atoms in total. The summed E-state index contributed by atoms with van der Waals surface area (Å²) in [5.74, 6) is 0.0817. The minimum atomic E-state index is -0.369. The predicted molar refractivity (Wildman–Crippen MR) is 57.1 cm³/mol. The predicted octanol–water partition coefficient (Wildman–Crippen LogP) is 2.11. The van der Waals surface area contributed by atoms with Gasteiger partial charge in [0.15, 0.2) is 5.16 Å². The molecule has 0 atom stereocenters. The Bertz CT molecular complexity index is 518. The molecule has 6 heteroatoms. The van der Waals surface area contributed by atoms with E-state index in [1.54, 1.807) is 12.1 Å². The number of benzene rings is 1. The highest BCUT2D eigenvalue weighted by molar-refractivity contribution is 7.98. The highest BCUT2D eigenvalue weighted by Crippen LogP contribution is 2.20. The number of thioether (sulfide) groups is 1. The summed E-state index contributed by atoms with van der Waals surface area (Å²) in [5, 5.41) is 15.6. The fourth-order valence-corrected chi connectivity index (χ4v) is 1.91. The number of aromatic nitrogens is 3. The average Bonchev–Trinajstić information content (AvgIpc) is 2.80. The molecular formula is C10H7FN4S. The number of H-pyrrole nitrogens is 1. The van der Waals surface area contributed by atoms with Crippen LogP contribution in [-0.4, -0.2) is 15.2 Å². The summed E-state index contributed by atoms with van der Waals surface area (Å²) in [7, 11) is 0. The number of nitrogens with one attached hydrogen (secondary N) is 1. The molecule has 0 fully saturated rings. The van der Waals surface area contributed by atoms with Gasteiger partial charge in [-0.15, -0.1) is 0 Å². The molecule has 0 bridgehead atoms. The Balaban J connectivity index is 2.08. The smallest absolute Gasteiger partial charge is 0.183 e. The molecule has 0 aliphatic rings. The Morgan fingerprint density at radius 2 is 2.38 bits per heavy atom. The van der Waals surface area contributed by atoms with E-state index in [4.69, 9.17) is 5.26 Å². The molecule has 1 aromatic heterocycles. The van der Waals surface area contributed by atoms with Gasteiger partial charge in [0.25, 0.3) is 0 Å². The van der Waals surface area contributed by atoms with Gasteiger partial charge in [0.05, 0.1) is 11.6 Å². The standard InChI is InChI=1S/C10H7FN4S/c11-9-3-7(4-12)1-2-8(9)5-16-10-13-6-14-15-10/h1-3,6H,5H2,(H,13,14,15). The number of hydrogen-bond donors (Lipinski definition) is 1. The van der Waals surface area contributed by atoms with Crippen molar-refractivity contribution in [1.29, 1.82) is 5.26 Å². The molecule has 16 heavy (non-hydrogen) atoms. The summed E-state index contributed by atoms with van der Waals surface area (Å²) in [6.07, 6.45) is 1.40. The van der Waals surface area contributed by atoms with Crippen molar-refractivity contribution in [2.75, 3.05) is 0 Å². The van der Waals surface area contributed by atoms with Gasteiger partial charge in [0.1, 0.15) is 12.1 Å². The van der Waals surface area contributed by atoms with Gasteiger partial charge >= 0.3 is 0 Å². The summed E-state index contributed by atoms with van der Waals surface area (Å²) in [4.78, 5) is 3.92. The van der Waals surface area contributed by atoms with Crippen LogP contribution < -0.4 is 0 Å². The highest BCUT2D eigenvalue weighted by Gasteiger charge is 2.05. The monoisotopic (exact) mass is 234 g/mol. The van der Waals surface area contributed by atoms with Crippen molar-refractivity contribution in [3.63, 3.8) is 0 Å². The molecule has 1 N–H and O–H groups in total. The molecule has 0 aliphatic heterocycles. The number of rotatable bonds is 3. The van der Waals surface area contributed by atoms with Crippen LogP contribution in [0.15, 0.2) is 29.7 Å². The molecule has 1 heterocycles. The van der Waals surface area contributed by atoms with E-state index in [1.165, 1.54) is 24.2 Å². The topological polar surface area (TPSA) is 65.4 Å². The van der Waals surface area contributed by atoms with E-state index in [0.717, 1.165) is 0 Å². The molecule has 0 amide bonds. The second kappa shape index (κ2) is 4.77. The number of nitrogens with zero attached hydrogens (tertiary/aromatic N) is 3. The van der Waals surface area contributed by atoms with Crippen molar-refractivity contribution in [1.82, 2.24) is 15.2 Å². The van der Waals surface area contributed by atoms with Gasteiger partial charge in [-0.1, -0.05) is 17.8 Å². The van der Waals surface area contributed by atoms with Crippen molar-refractivity contribution >= 4 is 11.8 Å². The third-order valence-electron chi connectivity index (χ3n) is 1.94. The second-order valence-corrected chi connectivity index (χ2v) is 3.96. The van der Waals surface area contributed by atoms with Crippen LogP contribution in [0.1, 0.15) is 11.1 Å². The zero-order valence-corrected chi connectivity index (χ0v) is 8.96. The lowest BCUT2D eigenvalue weighted by Gasteiger charge is -2.01. The van der Waals surface area contributed by atoms with E-state index < -0.39 is 0 Å². The second-order valence-electron chi connectivity index (χ2n) is 3.00. The summed E-state index contributed by atoms with van der Waals surface area (Å²) in [5.41, 5.74) is 0.867. The summed E-state index contributed by atoms with van der Waals surface area (Å²) >= 11 is 1.36. The normalized spacial score (nSPS) is 10.0. The van der Waals surface area contributed by atoms with Crippen molar-refractivity contribution in [2.45, 2.75) is 10.9 Å². The Labute approximate surface area is 95.5 Å². The van der Waals surface area contributed by atoms with E-state index in [9.17, 15) is 4.39 Å². The van der Waals surface area contributed by atoms with E-state index in [-0.39, 0.29) is 5.82 Å². The van der Waals surface area contributed by atoms with Crippen LogP contribution in [0.2, 0.25) is 0 Å². The average molecular weight is 234 g/mol. The number of aromatic amines is 1. The van der Waals surface area contributed by atoms with Crippen LogP contribution in [0, 0.1) is 17.1 Å². The van der Waals surface area contributed by atoms with Crippen LogP contribution in [0.3, 0.4) is 0 Å². The van der Waals surface area contributed by atoms with Crippen LogP contribution in [0.4, 0.5) is 4.39 Å². The minimum absolute atomic E-state index is 0.325. The number of nitriles is 1. The van der Waals surface area contributed by atoms with Crippen molar-refractivity contribution < 1.29 is 4.39 Å². The third-order valence-corrected chi connectivity index (χ3v) is 2.86. The first-order valence-electron chi connectivity index (χ1n) is 4.46. The zero-order chi connectivity index (χ0) is 11.4. The van der Waals surface area contributed by atoms with Gasteiger partial charge < -0.3 is 0 Å². The van der Waals surface area contributed by atoms with E-state index in [1.807, 2.05) is 6.07 Å². The molecule has 0 saturated carbocycles. The van der Waals surface area contributed by atoms with Gasteiger partial charge in [-0.25, -0.2) is 9.37 Å². The van der Waals surface area contributed by atoms with Gasteiger partial charge in [-0.05, 0) is 17.7 Å². The van der Waals surface area contributed by atoms with E-state index in [0.29, 0.717) is 22.0 Å².